The molecule has 1 fully saturated rings. The average molecular weight is 1070 g/mol. The highest BCUT2D eigenvalue weighted by Crippen LogP contribution is 2.32. The molecule has 1 atom stereocenters. The van der Waals surface area contributed by atoms with Crippen molar-refractivity contribution in [2.24, 2.45) is 0 Å². The van der Waals surface area contributed by atoms with Crippen LogP contribution >= 0.6 is 0 Å². The zero-order chi connectivity index (χ0) is 53.3. The normalized spacial score (nSPS) is 14.3. The van der Waals surface area contributed by atoms with Crippen LogP contribution in [-0.2, 0) is 83.0 Å². The van der Waals surface area contributed by atoms with Gasteiger partial charge >= 0.3 is 0 Å². The Morgan fingerprint density at radius 1 is 0.703 bits per heavy atom. The number of H-pyrrole nitrogens is 1. The van der Waals surface area contributed by atoms with Gasteiger partial charge in [0.2, 0.25) is 11.8 Å². The number of piperazine rings is 1. The van der Waals surface area contributed by atoms with Gasteiger partial charge in [0.25, 0.3) is 10.1 Å². The molecule has 1 unspecified atom stereocenters. The third kappa shape index (κ3) is 25.2. The highest BCUT2D eigenvalue weighted by molar-refractivity contribution is 7.85. The molecule has 2 aromatic heterocycles. The Bertz CT molecular complexity index is 2180. The Labute approximate surface area is 435 Å². The predicted molar refractivity (Wildman–Crippen MR) is 276 cm³/mol. The van der Waals surface area contributed by atoms with E-state index in [0.717, 1.165) is 47.2 Å². The Morgan fingerprint density at radius 2 is 1.14 bits per heavy atom. The molecule has 4 rings (SSSR count). The van der Waals surface area contributed by atoms with Crippen molar-refractivity contribution in [3.63, 3.8) is 0 Å². The number of nitrogens with zero attached hydrogens (tertiary/aromatic N) is 4. The Balaban J connectivity index is 0.935. The number of unbranched alkanes of at least 4 members (excludes halogenated alkanes) is 1. The van der Waals surface area contributed by atoms with Crippen molar-refractivity contribution in [2.45, 2.75) is 52.0 Å². The Morgan fingerprint density at radius 3 is 1.55 bits per heavy atom. The summed E-state index contributed by atoms with van der Waals surface area (Å²) in [5.74, 6) is -0.769. The van der Waals surface area contributed by atoms with E-state index in [2.05, 4.69) is 35.3 Å². The number of pyridine rings is 1. The second-order valence-corrected chi connectivity index (χ2v) is 19.2. The minimum absolute atomic E-state index is 0.0115. The van der Waals surface area contributed by atoms with Gasteiger partial charge in [0.1, 0.15) is 59.0 Å². The number of nitrogens with two attached hydrogens (primary N) is 1. The number of quaternary nitrogens is 1. The lowest BCUT2D eigenvalue weighted by Gasteiger charge is -2.42. The van der Waals surface area contributed by atoms with E-state index in [9.17, 15) is 27.4 Å². The van der Waals surface area contributed by atoms with Gasteiger partial charge in [-0.3, -0.25) is 23.4 Å². The molecule has 74 heavy (non-hydrogen) atoms. The number of aromatic nitrogens is 3. The van der Waals surface area contributed by atoms with E-state index < -0.39 is 33.7 Å². The minimum atomic E-state index is -4.60. The fourth-order valence-electron chi connectivity index (χ4n) is 7.54. The first-order valence-corrected chi connectivity index (χ1v) is 27.2. The maximum absolute atomic E-state index is 13.6. The van der Waals surface area contributed by atoms with Crippen LogP contribution in [0.5, 0.6) is 0 Å². The molecule has 0 radical (unpaired) electrons. The molecule has 1 aliphatic rings. The summed E-state index contributed by atoms with van der Waals surface area (Å²) in [6, 6.07) is 4.51. The lowest BCUT2D eigenvalue weighted by Crippen LogP contribution is -2.62. The molecule has 24 nitrogen and oxygen atoms in total. The van der Waals surface area contributed by atoms with Gasteiger partial charge in [-0.25, -0.2) is 9.97 Å². The van der Waals surface area contributed by atoms with Gasteiger partial charge < -0.3 is 73.0 Å². The largest absolute Gasteiger partial charge is 0.382 e. The number of ketones is 1. The minimum Gasteiger partial charge on any atom is -0.382 e. The van der Waals surface area contributed by atoms with Crippen LogP contribution in [0.2, 0.25) is 0 Å². The number of imidazole rings is 1. The van der Waals surface area contributed by atoms with Gasteiger partial charge in [0.05, 0.1) is 171 Å². The van der Waals surface area contributed by atoms with E-state index in [1.807, 2.05) is 12.1 Å². The van der Waals surface area contributed by atoms with Crippen molar-refractivity contribution in [3.8, 4) is 0 Å². The molecule has 5 N–H and O–H groups in total. The van der Waals surface area contributed by atoms with E-state index in [1.54, 1.807) is 0 Å². The summed E-state index contributed by atoms with van der Waals surface area (Å²) in [6.07, 6.45) is 3.13. The zero-order valence-electron chi connectivity index (χ0n) is 43.7. The van der Waals surface area contributed by atoms with Crippen molar-refractivity contribution >= 4 is 61.2 Å². The molecule has 2 amide bonds. The van der Waals surface area contributed by atoms with E-state index in [-0.39, 0.29) is 32.0 Å². The van der Waals surface area contributed by atoms with Crippen LogP contribution in [0.3, 0.4) is 0 Å². The number of benzene rings is 1. The molecular formula is C49H82N7O17S+. The molecule has 1 aromatic carbocycles. The first-order valence-electron chi connectivity index (χ1n) is 25.6. The van der Waals surface area contributed by atoms with Crippen LogP contribution in [0.1, 0.15) is 45.4 Å². The second kappa shape index (κ2) is 36.1. The number of hydrogen-bond donors (Lipinski definition) is 4. The molecule has 0 saturated carbocycles. The van der Waals surface area contributed by atoms with Crippen molar-refractivity contribution in [2.75, 3.05) is 190 Å². The fraction of sp³-hybridized carbons (Fsp3) is 0.735. The van der Waals surface area contributed by atoms with Gasteiger partial charge in [-0.1, -0.05) is 13.3 Å². The third-order valence-corrected chi connectivity index (χ3v) is 12.5. The number of nitrogen functional groups attached to an aromatic ring is 1. The summed E-state index contributed by atoms with van der Waals surface area (Å²) in [5, 5.41) is 3.36. The second-order valence-electron chi connectivity index (χ2n) is 17.7. The molecule has 0 spiro atoms. The van der Waals surface area contributed by atoms with Gasteiger partial charge in [-0.2, -0.15) is 8.42 Å². The first-order chi connectivity index (χ1) is 35.8. The van der Waals surface area contributed by atoms with Crippen molar-refractivity contribution in [1.82, 2.24) is 29.7 Å². The number of fused-ring (bicyclic) bond motifs is 3. The van der Waals surface area contributed by atoms with Gasteiger partial charge in [0, 0.05) is 36.8 Å². The van der Waals surface area contributed by atoms with E-state index >= 15 is 0 Å². The van der Waals surface area contributed by atoms with Crippen molar-refractivity contribution < 1.29 is 79.5 Å². The highest BCUT2D eigenvalue weighted by atomic mass is 32.2. The number of ether oxygens (including phenoxy) is 11. The topological polar surface area (TPSA) is 290 Å². The number of carbonyl (C=O) groups excluding carboxylic acids is 3. The Kier molecular flexibility index (Phi) is 30.4. The number of amides is 2. The maximum Gasteiger partial charge on any atom is 0.267 e. The van der Waals surface area contributed by atoms with Crippen LogP contribution in [-0.4, -0.2) is 241 Å². The van der Waals surface area contributed by atoms with E-state index in [1.165, 1.54) is 11.8 Å². The number of hydrogen-bond acceptors (Lipinski definition) is 19. The summed E-state index contributed by atoms with van der Waals surface area (Å²) in [6.45, 7) is 14.0. The Hall–Kier alpha value is -4.06. The monoisotopic (exact) mass is 1070 g/mol. The molecule has 3 heterocycles. The number of aryl methyl sites for hydroxylation is 1. The smallest absolute Gasteiger partial charge is 0.267 e. The molecule has 3 aromatic rings. The number of anilines is 1. The molecule has 25 heteroatoms. The number of aromatic amines is 1. The number of likely N-dealkylation sites (N-methyl/N-ethyl adjacent to an activating group) is 1. The molecule has 420 valence electrons. The summed E-state index contributed by atoms with van der Waals surface area (Å²) < 4.78 is 94.1. The summed E-state index contributed by atoms with van der Waals surface area (Å²) >= 11 is 0. The summed E-state index contributed by atoms with van der Waals surface area (Å²) in [7, 11) is -2.54. The number of nitrogens with one attached hydrogen (secondary N) is 2. The first kappa shape index (κ1) is 62.5. The van der Waals surface area contributed by atoms with Crippen LogP contribution in [0.25, 0.3) is 21.9 Å². The van der Waals surface area contributed by atoms with Crippen molar-refractivity contribution in [1.29, 1.82) is 0 Å². The summed E-state index contributed by atoms with van der Waals surface area (Å²) in [4.78, 5) is 51.6. The molecule has 1 aliphatic heterocycles. The fourth-order valence-corrected chi connectivity index (χ4v) is 8.18. The highest BCUT2D eigenvalue weighted by Gasteiger charge is 2.37. The zero-order valence-corrected chi connectivity index (χ0v) is 44.5. The van der Waals surface area contributed by atoms with Crippen LogP contribution in [0.15, 0.2) is 18.2 Å². The van der Waals surface area contributed by atoms with Gasteiger partial charge in [-0.05, 0) is 19.4 Å². The lowest BCUT2D eigenvalue weighted by atomic mass is 10.1. The van der Waals surface area contributed by atoms with Crippen molar-refractivity contribution in [3.05, 3.63) is 24.0 Å². The van der Waals surface area contributed by atoms with Crippen LogP contribution in [0, 0.1) is 0 Å². The molecular weight excluding hydrogens is 991 g/mol. The third-order valence-electron chi connectivity index (χ3n) is 11.7. The number of rotatable bonds is 44. The maximum atomic E-state index is 13.6. The van der Waals surface area contributed by atoms with Gasteiger partial charge in [0.15, 0.2) is 0 Å². The molecule has 1 saturated heterocycles. The van der Waals surface area contributed by atoms with Crippen LogP contribution < -0.4 is 15.5 Å². The standard InChI is InChI=1S/C49H81N7O17S/c1-4-5-6-44-53-46-41-37-40(7-8-42(41)52-48(50)47(46)54-44)56(3)13-11-55(12-14-56)49(59)43(38-74(60,61)62)51-45(58)10-16-64-18-20-66-22-24-68-26-28-70-30-32-72-34-36-73-35-33-71-31-29-69-27-25-67-23-21-65-19-17-63-15-9-39(2)57/h7-8,37,43H,4-6,9-36,38H2,1-3H3,(H4-,50,51,52,53,54,58,60,61,62)/p+1. The SMILES string of the molecule is CCCCc1nc2c([nH]1)c(N)nc1ccc([N+]3(C)CCN(C(=O)C(CS(=O)(=O)O)NC(=O)CCOCCOCCOCCOCCOCCOCCOCCOCCOCCOCCOCCC(C)=O)CC3)cc12. The van der Waals surface area contributed by atoms with Gasteiger partial charge in [-0.15, -0.1) is 0 Å². The average Bonchev–Trinajstić information content (AvgIpc) is 3.81. The number of Topliss-reactive ketones (excluding diaryl/α,β-unsaturated/α-hetero) is 1. The lowest BCUT2D eigenvalue weighted by molar-refractivity contribution is -0.137. The van der Waals surface area contributed by atoms with E-state index in [4.69, 9.17) is 62.8 Å². The molecule has 0 bridgehead atoms. The summed E-state index contributed by atoms with van der Waals surface area (Å²) in [5.41, 5.74) is 9.48. The number of carbonyl (C=O) groups is 3. The molecule has 0 aliphatic carbocycles. The van der Waals surface area contributed by atoms with E-state index in [0.29, 0.717) is 174 Å². The predicted octanol–water partition coefficient (Wildman–Crippen LogP) is 1.74. The van der Waals surface area contributed by atoms with Crippen LogP contribution in [0.4, 0.5) is 11.5 Å². The quantitative estimate of drug-likeness (QED) is 0.0356.